The molecule has 2 N–H and O–H groups in total. The minimum absolute atomic E-state index is 0.0357. The van der Waals surface area contributed by atoms with Crippen LogP contribution in [0.3, 0.4) is 0 Å². The number of carbonyl (C=O) groups is 1. The number of rotatable bonds is 6. The molecule has 0 aliphatic heterocycles. The lowest BCUT2D eigenvalue weighted by atomic mass is 10.1. The Morgan fingerprint density at radius 3 is 1.90 bits per heavy atom. The van der Waals surface area contributed by atoms with E-state index in [4.69, 9.17) is 0 Å². The zero-order chi connectivity index (χ0) is 21.5. The molecule has 0 unspecified atom stereocenters. The van der Waals surface area contributed by atoms with E-state index in [2.05, 4.69) is 39.7 Å². The molecule has 1 amide bonds. The van der Waals surface area contributed by atoms with Crippen molar-refractivity contribution in [1.29, 1.82) is 0 Å². The highest BCUT2D eigenvalue weighted by molar-refractivity contribution is 5.95. The van der Waals surface area contributed by atoms with Crippen LogP contribution in [0.25, 0.3) is 0 Å². The van der Waals surface area contributed by atoms with Gasteiger partial charge in [0.15, 0.2) is 0 Å². The maximum Gasteiger partial charge on any atom is 0.271 e. The minimum Gasteiger partial charge on any atom is -0.508 e. The highest BCUT2D eigenvalue weighted by atomic mass is 16.3. The number of hydrogen-bond acceptors (Lipinski definition) is 4. The third-order valence-electron chi connectivity index (χ3n) is 4.67. The van der Waals surface area contributed by atoms with Gasteiger partial charge in [0.1, 0.15) is 5.75 Å². The van der Waals surface area contributed by atoms with E-state index in [0.29, 0.717) is 5.56 Å². The standard InChI is InChI=1S/C26H21N3O2/c30-25-13-7-8-21(18-25)26(31)28-27-19-20-14-16-24(17-15-20)29(22-9-3-1-4-10-22)23-11-5-2-6-12-23/h1-19,30H,(H,28,31)/b27-19-. The monoisotopic (exact) mass is 407 g/mol. The first-order valence-electron chi connectivity index (χ1n) is 9.83. The van der Waals surface area contributed by atoms with Crippen LogP contribution in [0.1, 0.15) is 15.9 Å². The van der Waals surface area contributed by atoms with Crippen LogP contribution in [-0.4, -0.2) is 17.2 Å². The number of para-hydroxylation sites is 2. The smallest absolute Gasteiger partial charge is 0.271 e. The van der Waals surface area contributed by atoms with Crippen molar-refractivity contribution in [2.24, 2.45) is 5.10 Å². The number of amides is 1. The number of aromatic hydroxyl groups is 1. The minimum atomic E-state index is -0.386. The Bertz CT molecular complexity index is 1130. The highest BCUT2D eigenvalue weighted by Gasteiger charge is 2.11. The fraction of sp³-hybridized carbons (Fsp3) is 0. The van der Waals surface area contributed by atoms with Gasteiger partial charge in [0, 0.05) is 22.6 Å². The summed E-state index contributed by atoms with van der Waals surface area (Å²) in [6.07, 6.45) is 1.58. The van der Waals surface area contributed by atoms with Gasteiger partial charge in [-0.1, -0.05) is 54.6 Å². The summed E-state index contributed by atoms with van der Waals surface area (Å²) in [5.74, 6) is -0.350. The van der Waals surface area contributed by atoms with E-state index in [0.717, 1.165) is 22.6 Å². The van der Waals surface area contributed by atoms with Crippen molar-refractivity contribution in [3.63, 3.8) is 0 Å². The van der Waals surface area contributed by atoms with E-state index in [1.807, 2.05) is 60.7 Å². The van der Waals surface area contributed by atoms with Crippen LogP contribution in [0, 0.1) is 0 Å². The van der Waals surface area contributed by atoms with E-state index in [-0.39, 0.29) is 11.7 Å². The molecule has 0 bridgehead atoms. The number of nitrogens with one attached hydrogen (secondary N) is 1. The summed E-state index contributed by atoms with van der Waals surface area (Å²) < 4.78 is 0. The summed E-state index contributed by atoms with van der Waals surface area (Å²) in [4.78, 5) is 14.3. The Balaban J connectivity index is 1.51. The summed E-state index contributed by atoms with van der Waals surface area (Å²) in [5.41, 5.74) is 6.80. The molecule has 152 valence electrons. The second-order valence-corrected chi connectivity index (χ2v) is 6.85. The lowest BCUT2D eigenvalue weighted by Gasteiger charge is -2.25. The molecule has 0 aromatic heterocycles. The summed E-state index contributed by atoms with van der Waals surface area (Å²) in [6.45, 7) is 0. The number of phenolic OH excluding ortho intramolecular Hbond substituents is 1. The fourth-order valence-electron chi connectivity index (χ4n) is 3.19. The normalized spacial score (nSPS) is 10.7. The van der Waals surface area contributed by atoms with Gasteiger partial charge in [-0.25, -0.2) is 5.43 Å². The van der Waals surface area contributed by atoms with Crippen molar-refractivity contribution < 1.29 is 9.90 Å². The molecule has 0 saturated heterocycles. The van der Waals surface area contributed by atoms with Crippen molar-refractivity contribution in [2.75, 3.05) is 4.90 Å². The summed E-state index contributed by atoms with van der Waals surface area (Å²) in [6, 6.07) is 34.4. The van der Waals surface area contributed by atoms with Crippen LogP contribution >= 0.6 is 0 Å². The number of phenols is 1. The molecule has 0 aliphatic rings. The first kappa shape index (κ1) is 19.9. The maximum absolute atomic E-state index is 12.1. The van der Waals surface area contributed by atoms with Crippen molar-refractivity contribution in [2.45, 2.75) is 0 Å². The Morgan fingerprint density at radius 1 is 0.742 bits per heavy atom. The molecule has 5 heteroatoms. The van der Waals surface area contributed by atoms with Gasteiger partial charge in [0.2, 0.25) is 0 Å². The number of benzene rings is 4. The lowest BCUT2D eigenvalue weighted by Crippen LogP contribution is -2.17. The van der Waals surface area contributed by atoms with Gasteiger partial charge in [0.05, 0.1) is 6.21 Å². The first-order valence-corrected chi connectivity index (χ1v) is 9.83. The van der Waals surface area contributed by atoms with Gasteiger partial charge in [0.25, 0.3) is 5.91 Å². The predicted octanol–water partition coefficient (Wildman–Crippen LogP) is 5.63. The summed E-state index contributed by atoms with van der Waals surface area (Å²) in [7, 11) is 0. The SMILES string of the molecule is O=C(N/N=C\c1ccc(N(c2ccccc2)c2ccccc2)cc1)c1cccc(O)c1. The average molecular weight is 407 g/mol. The highest BCUT2D eigenvalue weighted by Crippen LogP contribution is 2.33. The predicted molar refractivity (Wildman–Crippen MR) is 124 cm³/mol. The van der Waals surface area contributed by atoms with Crippen LogP contribution in [0.2, 0.25) is 0 Å². The van der Waals surface area contributed by atoms with Crippen LogP contribution < -0.4 is 10.3 Å². The number of hydrogen-bond donors (Lipinski definition) is 2. The van der Waals surface area contributed by atoms with E-state index < -0.39 is 0 Å². The molecule has 5 nitrogen and oxygen atoms in total. The number of hydrazone groups is 1. The molecule has 0 heterocycles. The summed E-state index contributed by atoms with van der Waals surface area (Å²) >= 11 is 0. The van der Waals surface area contributed by atoms with E-state index >= 15 is 0 Å². The quantitative estimate of drug-likeness (QED) is 0.322. The largest absolute Gasteiger partial charge is 0.508 e. The molecule has 0 fully saturated rings. The Morgan fingerprint density at radius 2 is 1.32 bits per heavy atom. The second-order valence-electron chi connectivity index (χ2n) is 6.85. The Kier molecular flexibility index (Phi) is 6.05. The van der Waals surface area contributed by atoms with Crippen LogP contribution in [0.5, 0.6) is 5.75 Å². The van der Waals surface area contributed by atoms with E-state index in [9.17, 15) is 9.90 Å². The third-order valence-corrected chi connectivity index (χ3v) is 4.67. The Labute approximate surface area is 180 Å². The average Bonchev–Trinajstić information content (AvgIpc) is 2.82. The number of nitrogens with zero attached hydrogens (tertiary/aromatic N) is 2. The summed E-state index contributed by atoms with van der Waals surface area (Å²) in [5, 5.41) is 13.5. The molecule has 0 atom stereocenters. The molecule has 0 radical (unpaired) electrons. The second kappa shape index (κ2) is 9.41. The zero-order valence-corrected chi connectivity index (χ0v) is 16.7. The molecule has 0 aliphatic carbocycles. The van der Waals surface area contributed by atoms with Gasteiger partial charge in [-0.2, -0.15) is 5.10 Å². The lowest BCUT2D eigenvalue weighted by molar-refractivity contribution is 0.0954. The van der Waals surface area contributed by atoms with Crippen molar-refractivity contribution in [3.05, 3.63) is 120 Å². The molecule has 31 heavy (non-hydrogen) atoms. The van der Waals surface area contributed by atoms with Crippen LogP contribution in [-0.2, 0) is 0 Å². The van der Waals surface area contributed by atoms with Gasteiger partial charge in [-0.15, -0.1) is 0 Å². The molecule has 0 saturated carbocycles. The van der Waals surface area contributed by atoms with Gasteiger partial charge in [-0.3, -0.25) is 4.79 Å². The van der Waals surface area contributed by atoms with E-state index in [1.165, 1.54) is 12.1 Å². The third kappa shape index (κ3) is 4.97. The topological polar surface area (TPSA) is 64.9 Å². The van der Waals surface area contributed by atoms with Crippen molar-refractivity contribution in [1.82, 2.24) is 5.43 Å². The fourth-order valence-corrected chi connectivity index (χ4v) is 3.19. The molecular weight excluding hydrogens is 386 g/mol. The molecular formula is C26H21N3O2. The zero-order valence-electron chi connectivity index (χ0n) is 16.7. The van der Waals surface area contributed by atoms with Gasteiger partial charge in [-0.05, 0) is 60.2 Å². The van der Waals surface area contributed by atoms with Crippen LogP contribution in [0.15, 0.2) is 114 Å². The van der Waals surface area contributed by atoms with Crippen molar-refractivity contribution >= 4 is 29.2 Å². The molecule has 4 aromatic rings. The number of carbonyl (C=O) groups excluding carboxylic acids is 1. The van der Waals surface area contributed by atoms with Crippen molar-refractivity contribution in [3.8, 4) is 5.75 Å². The maximum atomic E-state index is 12.1. The van der Waals surface area contributed by atoms with E-state index in [1.54, 1.807) is 18.3 Å². The molecule has 4 aromatic carbocycles. The van der Waals surface area contributed by atoms with Crippen LogP contribution in [0.4, 0.5) is 17.1 Å². The van der Waals surface area contributed by atoms with Gasteiger partial charge >= 0.3 is 0 Å². The first-order chi connectivity index (χ1) is 15.2. The Hall–Kier alpha value is -4.38. The molecule has 4 rings (SSSR count). The van der Waals surface area contributed by atoms with Gasteiger partial charge < -0.3 is 10.0 Å². The number of anilines is 3. The molecule has 0 spiro atoms.